The molecule has 1 aliphatic heterocycles. The lowest BCUT2D eigenvalue weighted by Gasteiger charge is -2.40. The average molecular weight is 714 g/mol. The monoisotopic (exact) mass is 713 g/mol. The molecule has 270 valence electrons. The fraction of sp³-hybridized carbons (Fsp3) is 0.410. The van der Waals surface area contributed by atoms with Crippen molar-refractivity contribution in [1.29, 1.82) is 5.26 Å². The van der Waals surface area contributed by atoms with Crippen LogP contribution in [0.15, 0.2) is 95.9 Å². The zero-order chi connectivity index (χ0) is 36.5. The van der Waals surface area contributed by atoms with E-state index < -0.39 is 38.0 Å². The van der Waals surface area contributed by atoms with Gasteiger partial charge < -0.3 is 29.2 Å². The lowest BCUT2D eigenvalue weighted by molar-refractivity contribution is -0.0914. The van der Waals surface area contributed by atoms with Crippen LogP contribution in [0, 0.1) is 11.3 Å². The molecule has 1 unspecified atom stereocenters. The summed E-state index contributed by atoms with van der Waals surface area (Å²) in [4.78, 5) is 17.0. The van der Waals surface area contributed by atoms with Crippen molar-refractivity contribution in [3.63, 3.8) is 0 Å². The Morgan fingerprint density at radius 3 is 2.02 bits per heavy atom. The second kappa shape index (κ2) is 17.3. The van der Waals surface area contributed by atoms with Crippen LogP contribution in [-0.2, 0) is 19.6 Å². The van der Waals surface area contributed by atoms with Crippen LogP contribution in [0.2, 0.25) is 0 Å². The van der Waals surface area contributed by atoms with Crippen LogP contribution >= 0.6 is 8.30 Å². The summed E-state index contributed by atoms with van der Waals surface area (Å²) >= 11 is 0. The van der Waals surface area contributed by atoms with E-state index in [-0.39, 0.29) is 24.5 Å². The number of nitriles is 1. The largest absolute Gasteiger partial charge is 0.497 e. The first kappa shape index (κ1) is 37.9. The predicted molar refractivity (Wildman–Crippen MR) is 199 cm³/mol. The number of hydrogen-bond donors (Lipinski definition) is 1. The lowest BCUT2D eigenvalue weighted by atomic mass is 9.80. The maximum atomic E-state index is 13.0. The van der Waals surface area contributed by atoms with E-state index in [0.717, 1.165) is 28.2 Å². The van der Waals surface area contributed by atoms with E-state index in [1.807, 2.05) is 78.9 Å². The minimum atomic E-state index is -1.20. The summed E-state index contributed by atoms with van der Waals surface area (Å²) in [5.74, 6) is 1.58. The molecule has 0 spiro atoms. The quantitative estimate of drug-likeness (QED) is 0.0969. The summed E-state index contributed by atoms with van der Waals surface area (Å²) in [6.45, 7) is 8.65. The number of aromatic nitrogens is 2. The summed E-state index contributed by atoms with van der Waals surface area (Å²) < 4.78 is 35.7. The third-order valence-corrected chi connectivity index (χ3v) is 11.5. The van der Waals surface area contributed by atoms with Crippen molar-refractivity contribution >= 4 is 14.1 Å². The standard InChI is InChI=1S/C39H48N5O6P/c1-27(2)44(28(3)4)51(24-10-22-40)50-34-25-37(43-23-21-36(41)42-38(43)45)49-35(34)26-48-39(29-11-8-7-9-12-29,30-13-17-32(46-5)18-14-30)31-15-19-33(47-6)20-16-31/h7-9,11-21,23,27-28,34-35,37H,10,24-26H2,1-6H3,(H2,41,42,45)/t34-,35+,37+,51?/m0/s1. The topological polar surface area (TPSA) is 134 Å². The first-order chi connectivity index (χ1) is 24.6. The summed E-state index contributed by atoms with van der Waals surface area (Å²) in [7, 11) is 2.07. The summed E-state index contributed by atoms with van der Waals surface area (Å²) in [6.07, 6.45) is 1.18. The molecule has 11 nitrogen and oxygen atoms in total. The van der Waals surface area contributed by atoms with Gasteiger partial charge in [0, 0.05) is 37.3 Å². The average Bonchev–Trinajstić information content (AvgIpc) is 3.53. The number of methoxy groups -OCH3 is 2. The maximum Gasteiger partial charge on any atom is 0.351 e. The Bertz CT molecular complexity index is 1740. The molecule has 12 heteroatoms. The normalized spacial score (nSPS) is 18.2. The fourth-order valence-corrected chi connectivity index (χ4v) is 9.00. The number of anilines is 1. The van der Waals surface area contributed by atoms with E-state index in [4.69, 9.17) is 29.2 Å². The van der Waals surface area contributed by atoms with Gasteiger partial charge in [-0.15, -0.1) is 0 Å². The van der Waals surface area contributed by atoms with E-state index in [2.05, 4.69) is 43.4 Å². The molecule has 1 aliphatic rings. The number of hydrogen-bond acceptors (Lipinski definition) is 10. The van der Waals surface area contributed by atoms with Crippen LogP contribution in [-0.4, -0.2) is 65.5 Å². The Labute approximate surface area is 301 Å². The molecule has 0 bridgehead atoms. The molecule has 1 aromatic heterocycles. The van der Waals surface area contributed by atoms with Gasteiger partial charge in [-0.25, -0.2) is 4.79 Å². The van der Waals surface area contributed by atoms with Gasteiger partial charge in [-0.2, -0.15) is 10.2 Å². The fourth-order valence-electron chi connectivity index (χ4n) is 6.69. The third-order valence-electron chi connectivity index (χ3n) is 8.97. The van der Waals surface area contributed by atoms with Gasteiger partial charge in [0.05, 0.1) is 33.0 Å². The SMILES string of the molecule is COc1ccc(C(OC[C@H]2O[C@@H](n3ccc(N)nc3=O)C[C@@H]2OP(CCC#N)N(C(C)C)C(C)C)(c2ccccc2)c2ccc(OC)cc2)cc1. The molecule has 2 N–H and O–H groups in total. The Morgan fingerprint density at radius 2 is 1.51 bits per heavy atom. The lowest BCUT2D eigenvalue weighted by Crippen LogP contribution is -2.39. The zero-order valence-corrected chi connectivity index (χ0v) is 31.0. The summed E-state index contributed by atoms with van der Waals surface area (Å²) in [6, 6.07) is 30.0. The number of ether oxygens (including phenoxy) is 4. The number of nitrogens with zero attached hydrogens (tertiary/aromatic N) is 4. The highest BCUT2D eigenvalue weighted by molar-refractivity contribution is 7.50. The minimum Gasteiger partial charge on any atom is -0.497 e. The maximum absolute atomic E-state index is 13.0. The van der Waals surface area contributed by atoms with Crippen LogP contribution in [0.3, 0.4) is 0 Å². The van der Waals surface area contributed by atoms with Crippen LogP contribution in [0.4, 0.5) is 5.82 Å². The second-order valence-electron chi connectivity index (χ2n) is 12.9. The highest BCUT2D eigenvalue weighted by atomic mass is 31.2. The number of benzene rings is 3. The van der Waals surface area contributed by atoms with Gasteiger partial charge in [-0.05, 0) is 74.7 Å². The molecule has 2 heterocycles. The molecule has 51 heavy (non-hydrogen) atoms. The molecule has 1 saturated heterocycles. The molecule has 5 rings (SSSR count). The van der Waals surface area contributed by atoms with Crippen molar-refractivity contribution in [3.8, 4) is 17.6 Å². The Kier molecular flexibility index (Phi) is 12.9. The summed E-state index contributed by atoms with van der Waals surface area (Å²) in [5, 5.41) is 9.57. The van der Waals surface area contributed by atoms with Crippen molar-refractivity contribution < 1.29 is 23.5 Å². The minimum absolute atomic E-state index is 0.107. The molecule has 1 fully saturated rings. The first-order valence-electron chi connectivity index (χ1n) is 17.2. The highest BCUT2D eigenvalue weighted by Crippen LogP contribution is 2.50. The number of nitrogens with two attached hydrogens (primary N) is 1. The van der Waals surface area contributed by atoms with Gasteiger partial charge in [0.15, 0.2) is 0 Å². The third kappa shape index (κ3) is 8.61. The van der Waals surface area contributed by atoms with Crippen LogP contribution < -0.4 is 20.9 Å². The van der Waals surface area contributed by atoms with Gasteiger partial charge in [0.25, 0.3) is 0 Å². The van der Waals surface area contributed by atoms with E-state index >= 15 is 0 Å². The molecule has 4 atom stereocenters. The smallest absolute Gasteiger partial charge is 0.351 e. The van der Waals surface area contributed by atoms with Gasteiger partial charge in [-0.1, -0.05) is 54.6 Å². The van der Waals surface area contributed by atoms with Gasteiger partial charge in [-0.3, -0.25) is 9.24 Å². The molecule has 0 amide bonds. The predicted octanol–water partition coefficient (Wildman–Crippen LogP) is 6.87. The van der Waals surface area contributed by atoms with Crippen molar-refractivity contribution in [2.45, 2.75) is 76.7 Å². The Balaban J connectivity index is 1.59. The van der Waals surface area contributed by atoms with Crippen LogP contribution in [0.25, 0.3) is 0 Å². The van der Waals surface area contributed by atoms with Crippen molar-refractivity contribution in [2.75, 3.05) is 32.7 Å². The van der Waals surface area contributed by atoms with E-state index in [1.165, 1.54) is 4.57 Å². The van der Waals surface area contributed by atoms with E-state index in [9.17, 15) is 10.1 Å². The number of rotatable bonds is 16. The molecule has 0 saturated carbocycles. The van der Waals surface area contributed by atoms with Gasteiger partial charge >= 0.3 is 5.69 Å². The van der Waals surface area contributed by atoms with Crippen molar-refractivity contribution in [1.82, 2.24) is 14.2 Å². The second-order valence-corrected chi connectivity index (χ2v) is 14.7. The molecular weight excluding hydrogens is 665 g/mol. The molecule has 0 radical (unpaired) electrons. The van der Waals surface area contributed by atoms with Crippen molar-refractivity contribution in [2.24, 2.45) is 0 Å². The zero-order valence-electron chi connectivity index (χ0n) is 30.1. The molecule has 3 aromatic carbocycles. The first-order valence-corrected chi connectivity index (χ1v) is 18.6. The van der Waals surface area contributed by atoms with E-state index in [1.54, 1.807) is 26.5 Å². The molecular formula is C39H48N5O6P. The molecule has 4 aromatic rings. The highest BCUT2D eigenvalue weighted by Gasteiger charge is 2.44. The molecule has 0 aliphatic carbocycles. The number of nitrogen functional groups attached to an aromatic ring is 1. The Hall–Kier alpha value is -4.30. The van der Waals surface area contributed by atoms with Crippen LogP contribution in [0.5, 0.6) is 11.5 Å². The van der Waals surface area contributed by atoms with Crippen LogP contribution in [0.1, 0.15) is 63.5 Å². The van der Waals surface area contributed by atoms with Gasteiger partial charge in [0.1, 0.15) is 43.5 Å². The van der Waals surface area contributed by atoms with E-state index in [0.29, 0.717) is 19.0 Å². The van der Waals surface area contributed by atoms with Gasteiger partial charge in [0.2, 0.25) is 0 Å². The van der Waals surface area contributed by atoms with Crippen molar-refractivity contribution in [3.05, 3.63) is 118 Å². The summed E-state index contributed by atoms with van der Waals surface area (Å²) in [5.41, 5.74) is 6.91. The Morgan fingerprint density at radius 1 is 0.941 bits per heavy atom.